The lowest BCUT2D eigenvalue weighted by Gasteiger charge is -2.42. The number of nitrogens with zero attached hydrogens (tertiary/aromatic N) is 1. The van der Waals surface area contributed by atoms with Crippen LogP contribution >= 0.6 is 0 Å². The Morgan fingerprint density at radius 3 is 3.07 bits per heavy atom. The molecule has 3 unspecified atom stereocenters. The van der Waals surface area contributed by atoms with Gasteiger partial charge in [0.15, 0.2) is 6.17 Å². The monoisotopic (exact) mass is 206 g/mol. The quantitative estimate of drug-likeness (QED) is 0.593. The van der Waals surface area contributed by atoms with Gasteiger partial charge in [0.05, 0.1) is 5.56 Å². The standard InChI is InChI=1S/C11H14N2O2/c14-11-8-4-1-2-5-9(8)13(15)10-6-3-7-12(10)11/h1-2,4-5,10-11,13-14H,3,6-7H2. The Morgan fingerprint density at radius 2 is 2.20 bits per heavy atom. The first-order valence-corrected chi connectivity index (χ1v) is 5.36. The number of para-hydroxylation sites is 1. The molecule has 80 valence electrons. The Labute approximate surface area is 88.3 Å². The average molecular weight is 206 g/mol. The van der Waals surface area contributed by atoms with Gasteiger partial charge in [0.2, 0.25) is 0 Å². The number of hydrogen-bond donors (Lipinski definition) is 2. The Kier molecular flexibility index (Phi) is 2.03. The van der Waals surface area contributed by atoms with Gasteiger partial charge in [0.1, 0.15) is 11.9 Å². The van der Waals surface area contributed by atoms with E-state index in [0.29, 0.717) is 5.69 Å². The number of rotatable bonds is 0. The lowest BCUT2D eigenvalue weighted by atomic mass is 10.1. The van der Waals surface area contributed by atoms with Gasteiger partial charge in [-0.1, -0.05) is 12.1 Å². The van der Waals surface area contributed by atoms with Crippen molar-refractivity contribution >= 4 is 5.69 Å². The number of aliphatic hydroxyl groups excluding tert-OH is 1. The summed E-state index contributed by atoms with van der Waals surface area (Å²) < 4.78 is 0. The maximum absolute atomic E-state index is 12.1. The van der Waals surface area contributed by atoms with Crippen LogP contribution < -0.4 is 5.06 Å². The van der Waals surface area contributed by atoms with E-state index in [0.717, 1.165) is 24.9 Å². The van der Waals surface area contributed by atoms with Crippen LogP contribution in [0.2, 0.25) is 0 Å². The van der Waals surface area contributed by atoms with Gasteiger partial charge in [-0.05, 0) is 18.6 Å². The second kappa shape index (κ2) is 3.28. The van der Waals surface area contributed by atoms with Gasteiger partial charge < -0.3 is 15.4 Å². The van der Waals surface area contributed by atoms with Gasteiger partial charge in [-0.2, -0.15) is 0 Å². The number of nitrogens with one attached hydrogen (secondary N) is 1. The van der Waals surface area contributed by atoms with Crippen molar-refractivity contribution in [3.8, 4) is 0 Å². The van der Waals surface area contributed by atoms with Crippen LogP contribution in [0.15, 0.2) is 24.3 Å². The number of fused-ring (bicyclic) bond motifs is 2. The van der Waals surface area contributed by atoms with Crippen molar-refractivity contribution in [3.05, 3.63) is 35.0 Å². The first kappa shape index (κ1) is 9.30. The predicted molar refractivity (Wildman–Crippen MR) is 55.1 cm³/mol. The largest absolute Gasteiger partial charge is 0.628 e. The predicted octanol–water partition coefficient (Wildman–Crippen LogP) is 0.127. The topological polar surface area (TPSA) is 51.0 Å². The number of hydroxylamine groups is 1. The average Bonchev–Trinajstić information content (AvgIpc) is 2.75. The number of quaternary nitrogens is 1. The van der Waals surface area contributed by atoms with Crippen molar-refractivity contribution in [2.45, 2.75) is 25.2 Å². The Balaban J connectivity index is 2.10. The zero-order valence-electron chi connectivity index (χ0n) is 8.39. The second-order valence-electron chi connectivity index (χ2n) is 4.22. The van der Waals surface area contributed by atoms with Crippen LogP contribution in [0.3, 0.4) is 0 Å². The fourth-order valence-corrected chi connectivity index (χ4v) is 2.67. The molecule has 1 aromatic carbocycles. The molecule has 0 bridgehead atoms. The van der Waals surface area contributed by atoms with Crippen LogP contribution in [0.1, 0.15) is 24.6 Å². The molecule has 0 aromatic heterocycles. The third kappa shape index (κ3) is 1.23. The zero-order valence-corrected chi connectivity index (χ0v) is 8.39. The lowest BCUT2D eigenvalue weighted by Crippen LogP contribution is -3.09. The SMILES string of the molecule is [O-][NH+]1c2ccccc2C(O)N2CCCC21. The highest BCUT2D eigenvalue weighted by Crippen LogP contribution is 2.32. The van der Waals surface area contributed by atoms with E-state index in [2.05, 4.69) is 0 Å². The van der Waals surface area contributed by atoms with Crippen molar-refractivity contribution in [2.24, 2.45) is 0 Å². The molecule has 1 saturated heterocycles. The van der Waals surface area contributed by atoms with E-state index in [-0.39, 0.29) is 11.2 Å². The van der Waals surface area contributed by atoms with Crippen LogP contribution in [0.4, 0.5) is 5.69 Å². The van der Waals surface area contributed by atoms with Crippen molar-refractivity contribution in [1.29, 1.82) is 0 Å². The second-order valence-corrected chi connectivity index (χ2v) is 4.22. The van der Waals surface area contributed by atoms with Crippen molar-refractivity contribution in [3.63, 3.8) is 0 Å². The molecule has 0 amide bonds. The van der Waals surface area contributed by atoms with E-state index in [1.165, 1.54) is 0 Å². The third-order valence-corrected chi connectivity index (χ3v) is 3.42. The minimum Gasteiger partial charge on any atom is -0.628 e. The fourth-order valence-electron chi connectivity index (χ4n) is 2.67. The molecule has 0 spiro atoms. The number of aliphatic hydroxyl groups is 1. The molecule has 0 radical (unpaired) electrons. The van der Waals surface area contributed by atoms with E-state index in [9.17, 15) is 10.3 Å². The summed E-state index contributed by atoms with van der Waals surface area (Å²) in [5.41, 5.74) is 1.47. The Morgan fingerprint density at radius 1 is 1.40 bits per heavy atom. The molecule has 3 atom stereocenters. The van der Waals surface area contributed by atoms with Crippen LogP contribution in [0.5, 0.6) is 0 Å². The molecule has 4 heteroatoms. The maximum atomic E-state index is 12.1. The summed E-state index contributed by atoms with van der Waals surface area (Å²) >= 11 is 0. The highest BCUT2D eigenvalue weighted by Gasteiger charge is 2.41. The molecule has 2 aliphatic rings. The molecule has 1 aromatic rings. The van der Waals surface area contributed by atoms with E-state index < -0.39 is 6.23 Å². The van der Waals surface area contributed by atoms with Crippen LogP contribution in [0, 0.1) is 5.21 Å². The summed E-state index contributed by atoms with van der Waals surface area (Å²) in [5, 5.41) is 22.4. The minimum absolute atomic E-state index is 0.0881. The minimum atomic E-state index is -0.591. The third-order valence-electron chi connectivity index (χ3n) is 3.42. The number of hydrogen-bond acceptors (Lipinski definition) is 3. The van der Waals surface area contributed by atoms with Gasteiger partial charge in [-0.3, -0.25) is 0 Å². The summed E-state index contributed by atoms with van der Waals surface area (Å²) in [6.45, 7) is 0.825. The summed E-state index contributed by atoms with van der Waals surface area (Å²) in [6.07, 6.45) is 1.20. The molecule has 3 rings (SSSR count). The van der Waals surface area contributed by atoms with Crippen LogP contribution in [-0.4, -0.2) is 22.7 Å². The van der Waals surface area contributed by atoms with Crippen molar-refractivity contribution in [1.82, 2.24) is 4.90 Å². The van der Waals surface area contributed by atoms with Gasteiger partial charge in [-0.15, -0.1) is 0 Å². The Bertz CT molecular complexity index is 348. The van der Waals surface area contributed by atoms with Gasteiger partial charge >= 0.3 is 0 Å². The summed E-state index contributed by atoms with van der Waals surface area (Å²) in [4.78, 5) is 1.91. The first-order valence-electron chi connectivity index (χ1n) is 5.36. The molecular formula is C11H14N2O2. The maximum Gasteiger partial charge on any atom is 0.150 e. The van der Waals surface area contributed by atoms with Gasteiger partial charge in [0, 0.05) is 13.0 Å². The van der Waals surface area contributed by atoms with Crippen LogP contribution in [-0.2, 0) is 0 Å². The highest BCUT2D eigenvalue weighted by atomic mass is 16.5. The Hall–Kier alpha value is -0.940. The molecule has 4 nitrogen and oxygen atoms in total. The fraction of sp³-hybridized carbons (Fsp3) is 0.455. The lowest BCUT2D eigenvalue weighted by molar-refractivity contribution is -0.827. The smallest absolute Gasteiger partial charge is 0.150 e. The summed E-state index contributed by atoms with van der Waals surface area (Å²) in [6, 6.07) is 7.38. The molecule has 0 saturated carbocycles. The van der Waals surface area contributed by atoms with Crippen LogP contribution in [0.25, 0.3) is 0 Å². The number of benzene rings is 1. The summed E-state index contributed by atoms with van der Waals surface area (Å²) in [5.74, 6) is 0. The molecule has 1 fully saturated rings. The molecule has 15 heavy (non-hydrogen) atoms. The first-order chi connectivity index (χ1) is 7.29. The molecule has 2 aliphatic heterocycles. The molecule has 2 N–H and O–H groups in total. The summed E-state index contributed by atoms with van der Waals surface area (Å²) in [7, 11) is 0. The van der Waals surface area contributed by atoms with E-state index >= 15 is 0 Å². The zero-order chi connectivity index (χ0) is 10.4. The van der Waals surface area contributed by atoms with Gasteiger partial charge in [0.25, 0.3) is 0 Å². The molecular weight excluding hydrogens is 192 g/mol. The van der Waals surface area contributed by atoms with E-state index in [1.807, 2.05) is 29.2 Å². The van der Waals surface area contributed by atoms with Crippen molar-refractivity contribution in [2.75, 3.05) is 6.54 Å². The molecule has 2 heterocycles. The van der Waals surface area contributed by atoms with E-state index in [1.54, 1.807) is 0 Å². The molecule has 0 aliphatic carbocycles. The normalized spacial score (nSPS) is 34.9. The van der Waals surface area contributed by atoms with Crippen molar-refractivity contribution < 1.29 is 10.2 Å². The van der Waals surface area contributed by atoms with E-state index in [4.69, 9.17) is 0 Å². The van der Waals surface area contributed by atoms with Gasteiger partial charge in [-0.25, -0.2) is 4.90 Å². The highest BCUT2D eigenvalue weighted by molar-refractivity contribution is 5.42.